The highest BCUT2D eigenvalue weighted by atomic mass is 79.9. The molecule has 1 aromatic heterocycles. The van der Waals surface area contributed by atoms with Gasteiger partial charge in [-0.1, -0.05) is 28.1 Å². The van der Waals surface area contributed by atoms with E-state index in [2.05, 4.69) is 41.1 Å². The van der Waals surface area contributed by atoms with Gasteiger partial charge >= 0.3 is 0 Å². The molecule has 3 rings (SSSR count). The summed E-state index contributed by atoms with van der Waals surface area (Å²) in [5.74, 6) is 2.08. The lowest BCUT2D eigenvalue weighted by molar-refractivity contribution is 0.884. The zero-order valence-corrected chi connectivity index (χ0v) is 12.9. The van der Waals surface area contributed by atoms with Crippen molar-refractivity contribution in [3.05, 3.63) is 28.7 Å². The number of aromatic nitrogens is 3. The van der Waals surface area contributed by atoms with E-state index >= 15 is 0 Å². The molecule has 0 saturated carbocycles. The molecule has 104 valence electrons. The third-order valence-electron chi connectivity index (χ3n) is 3.34. The lowest BCUT2D eigenvalue weighted by Gasteiger charge is -2.16. The molecular formula is C14H16BrN5. The molecule has 0 bridgehead atoms. The van der Waals surface area contributed by atoms with Crippen molar-refractivity contribution >= 4 is 27.8 Å². The van der Waals surface area contributed by atoms with Crippen molar-refractivity contribution in [1.82, 2.24) is 15.0 Å². The third kappa shape index (κ3) is 2.75. The van der Waals surface area contributed by atoms with Crippen LogP contribution < -0.4 is 10.2 Å². The Balaban J connectivity index is 2.01. The summed E-state index contributed by atoms with van der Waals surface area (Å²) in [4.78, 5) is 15.7. The van der Waals surface area contributed by atoms with E-state index in [9.17, 15) is 0 Å². The van der Waals surface area contributed by atoms with Gasteiger partial charge in [0.15, 0.2) is 5.82 Å². The summed E-state index contributed by atoms with van der Waals surface area (Å²) in [5, 5.41) is 3.01. The average Bonchev–Trinajstić information content (AvgIpc) is 3.02. The molecular weight excluding hydrogens is 318 g/mol. The number of hydrogen-bond donors (Lipinski definition) is 1. The van der Waals surface area contributed by atoms with Crippen molar-refractivity contribution in [2.24, 2.45) is 0 Å². The van der Waals surface area contributed by atoms with Crippen LogP contribution in [-0.2, 0) is 0 Å². The fourth-order valence-electron chi connectivity index (χ4n) is 2.26. The highest BCUT2D eigenvalue weighted by Crippen LogP contribution is 2.23. The second-order valence-corrected chi connectivity index (χ2v) is 5.65. The van der Waals surface area contributed by atoms with Gasteiger partial charge in [-0.25, -0.2) is 0 Å². The van der Waals surface area contributed by atoms with Gasteiger partial charge in [0.05, 0.1) is 0 Å². The van der Waals surface area contributed by atoms with Crippen LogP contribution in [0.3, 0.4) is 0 Å². The highest BCUT2D eigenvalue weighted by molar-refractivity contribution is 9.10. The fraction of sp³-hybridized carbons (Fsp3) is 0.357. The topological polar surface area (TPSA) is 53.9 Å². The molecule has 0 aliphatic carbocycles. The summed E-state index contributed by atoms with van der Waals surface area (Å²) >= 11 is 3.44. The SMILES string of the molecule is CNc1nc(-c2ccc(Br)cc2)nc(N2CCCC2)n1. The maximum absolute atomic E-state index is 4.61. The Hall–Kier alpha value is -1.69. The van der Waals surface area contributed by atoms with Gasteiger partial charge in [-0.3, -0.25) is 0 Å². The van der Waals surface area contributed by atoms with Gasteiger partial charge < -0.3 is 10.2 Å². The fourth-order valence-corrected chi connectivity index (χ4v) is 2.53. The van der Waals surface area contributed by atoms with Crippen molar-refractivity contribution in [3.63, 3.8) is 0 Å². The van der Waals surface area contributed by atoms with Gasteiger partial charge in [-0.2, -0.15) is 15.0 Å². The largest absolute Gasteiger partial charge is 0.357 e. The monoisotopic (exact) mass is 333 g/mol. The third-order valence-corrected chi connectivity index (χ3v) is 3.87. The van der Waals surface area contributed by atoms with Crippen LogP contribution in [0.2, 0.25) is 0 Å². The smallest absolute Gasteiger partial charge is 0.230 e. The lowest BCUT2D eigenvalue weighted by Crippen LogP contribution is -2.21. The molecule has 1 N–H and O–H groups in total. The first-order valence-corrected chi connectivity index (χ1v) is 7.50. The number of nitrogens with zero attached hydrogens (tertiary/aromatic N) is 4. The Kier molecular flexibility index (Phi) is 3.82. The standard InChI is InChI=1S/C14H16BrN5/c1-16-13-17-12(10-4-6-11(15)7-5-10)18-14(19-13)20-8-2-3-9-20/h4-7H,2-3,8-9H2,1H3,(H,16,17,18,19). The minimum Gasteiger partial charge on any atom is -0.357 e. The van der Waals surface area contributed by atoms with Crippen LogP contribution in [0.4, 0.5) is 11.9 Å². The molecule has 1 aliphatic rings. The molecule has 5 nitrogen and oxygen atoms in total. The molecule has 1 fully saturated rings. The first-order valence-electron chi connectivity index (χ1n) is 6.71. The van der Waals surface area contributed by atoms with Crippen LogP contribution in [0, 0.1) is 0 Å². The van der Waals surface area contributed by atoms with E-state index in [1.54, 1.807) is 0 Å². The number of anilines is 2. The van der Waals surface area contributed by atoms with Gasteiger partial charge in [-0.05, 0) is 25.0 Å². The molecule has 6 heteroatoms. The molecule has 0 amide bonds. The van der Waals surface area contributed by atoms with E-state index < -0.39 is 0 Å². The number of halogens is 1. The zero-order chi connectivity index (χ0) is 13.9. The maximum Gasteiger partial charge on any atom is 0.230 e. The molecule has 20 heavy (non-hydrogen) atoms. The maximum atomic E-state index is 4.61. The van der Waals surface area contributed by atoms with Crippen molar-refractivity contribution in [2.45, 2.75) is 12.8 Å². The van der Waals surface area contributed by atoms with E-state index in [0.29, 0.717) is 11.8 Å². The number of benzene rings is 1. The van der Waals surface area contributed by atoms with Crippen molar-refractivity contribution < 1.29 is 0 Å². The van der Waals surface area contributed by atoms with E-state index in [4.69, 9.17) is 0 Å². The van der Waals surface area contributed by atoms with Crippen molar-refractivity contribution in [2.75, 3.05) is 30.4 Å². The minimum absolute atomic E-state index is 0.611. The summed E-state index contributed by atoms with van der Waals surface area (Å²) in [6.07, 6.45) is 2.41. The van der Waals surface area contributed by atoms with Crippen LogP contribution in [-0.4, -0.2) is 35.1 Å². The second-order valence-electron chi connectivity index (χ2n) is 4.73. The summed E-state index contributed by atoms with van der Waals surface area (Å²) in [6.45, 7) is 2.04. The Bertz CT molecular complexity index is 593. The normalized spacial score (nSPS) is 14.6. The van der Waals surface area contributed by atoms with Crippen LogP contribution >= 0.6 is 15.9 Å². The first kappa shape index (κ1) is 13.3. The Morgan fingerprint density at radius 1 is 1.05 bits per heavy atom. The van der Waals surface area contributed by atoms with Gasteiger partial charge in [0, 0.05) is 30.2 Å². The molecule has 0 spiro atoms. The molecule has 1 saturated heterocycles. The van der Waals surface area contributed by atoms with Gasteiger partial charge in [0.2, 0.25) is 11.9 Å². The molecule has 2 heterocycles. The average molecular weight is 334 g/mol. The van der Waals surface area contributed by atoms with Gasteiger partial charge in [0.1, 0.15) is 0 Å². The van der Waals surface area contributed by atoms with Gasteiger partial charge in [-0.15, -0.1) is 0 Å². The van der Waals surface area contributed by atoms with E-state index in [1.165, 1.54) is 12.8 Å². The Labute approximate surface area is 126 Å². The lowest BCUT2D eigenvalue weighted by atomic mass is 10.2. The Morgan fingerprint density at radius 3 is 2.40 bits per heavy atom. The minimum atomic E-state index is 0.611. The highest BCUT2D eigenvalue weighted by Gasteiger charge is 2.17. The molecule has 2 aromatic rings. The van der Waals surface area contributed by atoms with Crippen LogP contribution in [0.15, 0.2) is 28.7 Å². The summed E-state index contributed by atoms with van der Waals surface area (Å²) < 4.78 is 1.05. The molecule has 0 atom stereocenters. The predicted octanol–water partition coefficient (Wildman–Crippen LogP) is 2.94. The van der Waals surface area contributed by atoms with Crippen LogP contribution in [0.25, 0.3) is 11.4 Å². The summed E-state index contributed by atoms with van der Waals surface area (Å²) in [6, 6.07) is 8.00. The molecule has 0 unspecified atom stereocenters. The molecule has 1 aliphatic heterocycles. The van der Waals surface area contributed by atoms with E-state index in [0.717, 1.165) is 29.1 Å². The first-order chi connectivity index (χ1) is 9.76. The number of rotatable bonds is 3. The van der Waals surface area contributed by atoms with Crippen molar-refractivity contribution in [3.8, 4) is 11.4 Å². The van der Waals surface area contributed by atoms with Crippen LogP contribution in [0.1, 0.15) is 12.8 Å². The summed E-state index contributed by atoms with van der Waals surface area (Å²) in [7, 11) is 1.83. The van der Waals surface area contributed by atoms with Crippen molar-refractivity contribution in [1.29, 1.82) is 0 Å². The number of nitrogens with one attached hydrogen (secondary N) is 1. The Morgan fingerprint density at radius 2 is 1.75 bits per heavy atom. The number of hydrogen-bond acceptors (Lipinski definition) is 5. The van der Waals surface area contributed by atoms with Crippen LogP contribution in [0.5, 0.6) is 0 Å². The summed E-state index contributed by atoms with van der Waals surface area (Å²) in [5.41, 5.74) is 0.993. The predicted molar refractivity (Wildman–Crippen MR) is 84.0 cm³/mol. The van der Waals surface area contributed by atoms with E-state index in [1.807, 2.05) is 31.3 Å². The second kappa shape index (κ2) is 5.75. The zero-order valence-electron chi connectivity index (χ0n) is 11.3. The molecule has 0 radical (unpaired) electrons. The molecule has 1 aromatic carbocycles. The quantitative estimate of drug-likeness (QED) is 0.935. The van der Waals surface area contributed by atoms with E-state index in [-0.39, 0.29) is 0 Å². The van der Waals surface area contributed by atoms with Gasteiger partial charge in [0.25, 0.3) is 0 Å².